The summed E-state index contributed by atoms with van der Waals surface area (Å²) >= 11 is 0. The zero-order chi connectivity index (χ0) is 10.3. The van der Waals surface area contributed by atoms with Crippen LogP contribution in [-0.4, -0.2) is 17.7 Å². The minimum absolute atomic E-state index is 0.318. The van der Waals surface area contributed by atoms with Gasteiger partial charge >= 0.3 is 5.97 Å². The maximum Gasteiger partial charge on any atom is 0.334 e. The van der Waals surface area contributed by atoms with Crippen LogP contribution in [0.2, 0.25) is 0 Å². The molecule has 0 radical (unpaired) electrons. The van der Waals surface area contributed by atoms with Crippen LogP contribution in [0.1, 0.15) is 40.0 Å². The van der Waals surface area contributed by atoms with Crippen molar-refractivity contribution in [3.8, 4) is 0 Å². The van der Waals surface area contributed by atoms with Crippen LogP contribution < -0.4 is 0 Å². The predicted molar refractivity (Wildman–Crippen MR) is 51.5 cm³/mol. The van der Waals surface area contributed by atoms with Crippen molar-refractivity contribution in [1.29, 1.82) is 0 Å². The molecule has 0 aromatic rings. The van der Waals surface area contributed by atoms with E-state index in [4.69, 9.17) is 9.84 Å². The Morgan fingerprint density at radius 3 is 2.38 bits per heavy atom. The number of ether oxygens (including phenoxy) is 1. The molecule has 13 heavy (non-hydrogen) atoms. The van der Waals surface area contributed by atoms with Crippen molar-refractivity contribution >= 4 is 5.97 Å². The molecule has 3 nitrogen and oxygen atoms in total. The Bertz CT molecular complexity index is 194. The molecule has 0 saturated heterocycles. The minimum Gasteiger partial charge on any atom is -0.497 e. The highest BCUT2D eigenvalue weighted by Gasteiger charge is 2.08. The summed E-state index contributed by atoms with van der Waals surface area (Å²) in [5, 5.41) is 8.70. The highest BCUT2D eigenvalue weighted by atomic mass is 16.5. The quantitative estimate of drug-likeness (QED) is 0.394. The monoisotopic (exact) mass is 186 g/mol. The molecule has 1 N–H and O–H groups in total. The molecule has 0 rings (SSSR count). The van der Waals surface area contributed by atoms with E-state index in [0.29, 0.717) is 24.4 Å². The number of carboxylic acid groups (broad SMARTS) is 1. The van der Waals surface area contributed by atoms with Gasteiger partial charge in [-0.2, -0.15) is 0 Å². The van der Waals surface area contributed by atoms with E-state index in [0.717, 1.165) is 12.8 Å². The number of carbonyl (C=O) groups is 1. The lowest BCUT2D eigenvalue weighted by Crippen LogP contribution is -2.04. The van der Waals surface area contributed by atoms with E-state index in [-0.39, 0.29) is 0 Å². The molecule has 0 amide bonds. The summed E-state index contributed by atoms with van der Waals surface area (Å²) in [5.74, 6) is -0.297. The molecule has 0 spiro atoms. The van der Waals surface area contributed by atoms with E-state index in [1.54, 1.807) is 6.92 Å². The van der Waals surface area contributed by atoms with Gasteiger partial charge in [-0.05, 0) is 13.3 Å². The minimum atomic E-state index is -0.895. The molecule has 0 aliphatic carbocycles. The number of aliphatic carboxylic acids is 1. The molecular weight excluding hydrogens is 168 g/mol. The standard InChI is InChI=1S/C10H18O3/c1-4-6-7-13-9(5-2)8(3)10(11)12/h4-7H2,1-3H3,(H,11,12). The van der Waals surface area contributed by atoms with E-state index in [2.05, 4.69) is 6.92 Å². The molecule has 0 aromatic heterocycles. The van der Waals surface area contributed by atoms with E-state index >= 15 is 0 Å². The SMILES string of the molecule is CCCCOC(CC)=C(C)C(=O)O. The van der Waals surface area contributed by atoms with Gasteiger partial charge in [0.1, 0.15) is 5.76 Å². The lowest BCUT2D eigenvalue weighted by Gasteiger charge is -2.09. The zero-order valence-electron chi connectivity index (χ0n) is 8.59. The lowest BCUT2D eigenvalue weighted by atomic mass is 10.2. The largest absolute Gasteiger partial charge is 0.497 e. The number of allylic oxidation sites excluding steroid dienone is 1. The van der Waals surface area contributed by atoms with Gasteiger partial charge in [0.25, 0.3) is 0 Å². The van der Waals surface area contributed by atoms with Gasteiger partial charge in [0.2, 0.25) is 0 Å². The van der Waals surface area contributed by atoms with Gasteiger partial charge in [-0.1, -0.05) is 20.3 Å². The second kappa shape index (κ2) is 6.52. The topological polar surface area (TPSA) is 46.5 Å². The Hall–Kier alpha value is -0.990. The van der Waals surface area contributed by atoms with Crippen LogP contribution >= 0.6 is 0 Å². The maximum atomic E-state index is 10.6. The number of carboxylic acids is 1. The normalized spacial score (nSPS) is 12.2. The van der Waals surface area contributed by atoms with Gasteiger partial charge in [-0.15, -0.1) is 0 Å². The van der Waals surface area contributed by atoms with E-state index in [1.807, 2.05) is 6.92 Å². The van der Waals surface area contributed by atoms with Crippen LogP contribution in [0.4, 0.5) is 0 Å². The molecule has 0 aliphatic rings. The van der Waals surface area contributed by atoms with Crippen LogP contribution in [0, 0.1) is 0 Å². The van der Waals surface area contributed by atoms with Gasteiger partial charge in [0.15, 0.2) is 0 Å². The summed E-state index contributed by atoms with van der Waals surface area (Å²) in [4.78, 5) is 10.6. The van der Waals surface area contributed by atoms with Crippen LogP contribution in [0.15, 0.2) is 11.3 Å². The zero-order valence-corrected chi connectivity index (χ0v) is 8.59. The number of unbranched alkanes of at least 4 members (excludes halogenated alkanes) is 1. The first-order valence-corrected chi connectivity index (χ1v) is 4.69. The van der Waals surface area contributed by atoms with E-state index in [1.165, 1.54) is 0 Å². The highest BCUT2D eigenvalue weighted by Crippen LogP contribution is 2.10. The van der Waals surface area contributed by atoms with Gasteiger partial charge in [-0.25, -0.2) is 4.79 Å². The van der Waals surface area contributed by atoms with Crippen LogP contribution in [0.25, 0.3) is 0 Å². The van der Waals surface area contributed by atoms with Crippen molar-refractivity contribution in [2.24, 2.45) is 0 Å². The molecule has 76 valence electrons. The Labute approximate surface area is 79.4 Å². The van der Waals surface area contributed by atoms with Crippen LogP contribution in [0.5, 0.6) is 0 Å². The van der Waals surface area contributed by atoms with E-state index < -0.39 is 5.97 Å². The Kier molecular flexibility index (Phi) is 6.02. The van der Waals surface area contributed by atoms with Gasteiger partial charge in [0.05, 0.1) is 12.2 Å². The molecular formula is C10H18O3. The number of rotatable bonds is 6. The summed E-state index contributed by atoms with van der Waals surface area (Å²) in [6.07, 6.45) is 2.67. The number of hydrogen-bond acceptors (Lipinski definition) is 2. The Balaban J connectivity index is 4.15. The highest BCUT2D eigenvalue weighted by molar-refractivity contribution is 5.86. The molecule has 0 unspecified atom stereocenters. The summed E-state index contributed by atoms with van der Waals surface area (Å²) in [7, 11) is 0. The van der Waals surface area contributed by atoms with E-state index in [9.17, 15) is 4.79 Å². The first kappa shape index (κ1) is 12.0. The van der Waals surface area contributed by atoms with Crippen molar-refractivity contribution in [2.75, 3.05) is 6.61 Å². The fourth-order valence-electron chi connectivity index (χ4n) is 0.934. The Morgan fingerprint density at radius 2 is 2.00 bits per heavy atom. The van der Waals surface area contributed by atoms with Crippen molar-refractivity contribution in [2.45, 2.75) is 40.0 Å². The molecule has 0 atom stereocenters. The third-order valence-corrected chi connectivity index (χ3v) is 1.83. The van der Waals surface area contributed by atoms with Gasteiger partial charge in [-0.3, -0.25) is 0 Å². The molecule has 0 bridgehead atoms. The molecule has 3 heteroatoms. The van der Waals surface area contributed by atoms with Gasteiger partial charge < -0.3 is 9.84 Å². The first-order chi connectivity index (χ1) is 6.13. The number of hydrogen-bond donors (Lipinski definition) is 1. The van der Waals surface area contributed by atoms with Crippen molar-refractivity contribution < 1.29 is 14.6 Å². The second-order valence-electron chi connectivity index (χ2n) is 2.91. The average molecular weight is 186 g/mol. The lowest BCUT2D eigenvalue weighted by molar-refractivity contribution is -0.132. The van der Waals surface area contributed by atoms with Crippen molar-refractivity contribution in [3.05, 3.63) is 11.3 Å². The summed E-state index contributed by atoms with van der Waals surface area (Å²) in [6, 6.07) is 0. The fourth-order valence-corrected chi connectivity index (χ4v) is 0.934. The van der Waals surface area contributed by atoms with Crippen LogP contribution in [0.3, 0.4) is 0 Å². The van der Waals surface area contributed by atoms with Crippen molar-refractivity contribution in [3.63, 3.8) is 0 Å². The summed E-state index contributed by atoms with van der Waals surface area (Å²) in [5.41, 5.74) is 0.318. The Morgan fingerprint density at radius 1 is 1.38 bits per heavy atom. The third-order valence-electron chi connectivity index (χ3n) is 1.83. The molecule has 0 saturated carbocycles. The summed E-state index contributed by atoms with van der Waals surface area (Å²) < 4.78 is 5.35. The van der Waals surface area contributed by atoms with Crippen LogP contribution in [-0.2, 0) is 9.53 Å². The third kappa shape index (κ3) is 4.55. The summed E-state index contributed by atoms with van der Waals surface area (Å²) in [6.45, 7) is 6.16. The molecule has 0 heterocycles. The second-order valence-corrected chi connectivity index (χ2v) is 2.91. The molecule has 0 fully saturated rings. The maximum absolute atomic E-state index is 10.6. The van der Waals surface area contributed by atoms with Gasteiger partial charge in [0, 0.05) is 6.42 Å². The average Bonchev–Trinajstić information content (AvgIpc) is 2.11. The molecule has 0 aliphatic heterocycles. The molecule has 0 aromatic carbocycles. The van der Waals surface area contributed by atoms with Crippen molar-refractivity contribution in [1.82, 2.24) is 0 Å². The smallest absolute Gasteiger partial charge is 0.334 e. The fraction of sp³-hybridized carbons (Fsp3) is 0.700. The first-order valence-electron chi connectivity index (χ1n) is 4.69. The predicted octanol–water partition coefficient (Wildman–Crippen LogP) is 2.57.